The Morgan fingerprint density at radius 2 is 2.14 bits per heavy atom. The summed E-state index contributed by atoms with van der Waals surface area (Å²) in [6, 6.07) is 4.84. The zero-order valence-corrected chi connectivity index (χ0v) is 8.42. The van der Waals surface area contributed by atoms with Crippen molar-refractivity contribution in [3.63, 3.8) is 0 Å². The number of benzene rings is 1. The van der Waals surface area contributed by atoms with Gasteiger partial charge in [0.25, 0.3) is 0 Å². The summed E-state index contributed by atoms with van der Waals surface area (Å²) in [6.45, 7) is 4.89. The van der Waals surface area contributed by atoms with Crippen molar-refractivity contribution in [3.8, 4) is 0 Å². The van der Waals surface area contributed by atoms with Crippen molar-refractivity contribution < 1.29 is 4.39 Å². The quantitative estimate of drug-likeness (QED) is 0.715. The van der Waals surface area contributed by atoms with Crippen LogP contribution in [0.4, 0.5) is 4.39 Å². The van der Waals surface area contributed by atoms with Crippen molar-refractivity contribution in [2.45, 2.75) is 26.8 Å². The molecule has 0 aliphatic heterocycles. The molecule has 1 aromatic heterocycles. The molecule has 2 rings (SSSR count). The molecule has 3 heteroatoms. The van der Waals surface area contributed by atoms with Gasteiger partial charge in [-0.2, -0.15) is 5.10 Å². The Labute approximate surface area is 82.3 Å². The van der Waals surface area contributed by atoms with Crippen molar-refractivity contribution in [1.29, 1.82) is 0 Å². The molecule has 2 aromatic rings. The average molecular weight is 192 g/mol. The lowest BCUT2D eigenvalue weighted by Crippen LogP contribution is -1.96. The lowest BCUT2D eigenvalue weighted by atomic mass is 10.2. The summed E-state index contributed by atoms with van der Waals surface area (Å²) in [5.41, 5.74) is 1.99. The first-order chi connectivity index (χ1) is 6.76. The third-order valence-electron chi connectivity index (χ3n) is 2.42. The minimum absolute atomic E-state index is 0.192. The number of aryl methyl sites for hydroxylation is 2. The van der Waals surface area contributed by atoms with Crippen LogP contribution in [0.5, 0.6) is 0 Å². The predicted molar refractivity (Wildman–Crippen MR) is 54.7 cm³/mol. The molecular weight excluding hydrogens is 179 g/mol. The fourth-order valence-corrected chi connectivity index (χ4v) is 1.72. The Balaban J connectivity index is 2.75. The van der Waals surface area contributed by atoms with Gasteiger partial charge in [0.1, 0.15) is 5.82 Å². The van der Waals surface area contributed by atoms with Gasteiger partial charge in [-0.15, -0.1) is 0 Å². The van der Waals surface area contributed by atoms with Crippen molar-refractivity contribution in [2.75, 3.05) is 0 Å². The second kappa shape index (κ2) is 3.40. The maximum Gasteiger partial charge on any atom is 0.124 e. The molecule has 0 bridgehead atoms. The van der Waals surface area contributed by atoms with Gasteiger partial charge in [-0.25, -0.2) is 4.39 Å². The van der Waals surface area contributed by atoms with Crippen molar-refractivity contribution >= 4 is 10.9 Å². The minimum Gasteiger partial charge on any atom is -0.265 e. The average Bonchev–Trinajstić information content (AvgIpc) is 2.55. The molecular formula is C11H13FN2. The van der Waals surface area contributed by atoms with Crippen molar-refractivity contribution in [1.82, 2.24) is 9.78 Å². The summed E-state index contributed by atoms with van der Waals surface area (Å²) < 4.78 is 14.9. The molecule has 0 unspecified atom stereocenters. The Hall–Kier alpha value is -1.38. The molecule has 0 spiro atoms. The zero-order chi connectivity index (χ0) is 10.1. The lowest BCUT2D eigenvalue weighted by Gasteiger charge is -1.96. The van der Waals surface area contributed by atoms with E-state index in [1.165, 1.54) is 6.07 Å². The lowest BCUT2D eigenvalue weighted by molar-refractivity contribution is 0.629. The van der Waals surface area contributed by atoms with Crippen LogP contribution in [-0.4, -0.2) is 9.78 Å². The van der Waals surface area contributed by atoms with Crippen LogP contribution in [0.2, 0.25) is 0 Å². The van der Waals surface area contributed by atoms with Gasteiger partial charge in [-0.05, 0) is 31.5 Å². The van der Waals surface area contributed by atoms with Gasteiger partial charge in [-0.1, -0.05) is 6.92 Å². The van der Waals surface area contributed by atoms with E-state index >= 15 is 0 Å². The summed E-state index contributed by atoms with van der Waals surface area (Å²) in [7, 11) is 0. The van der Waals surface area contributed by atoms with Gasteiger partial charge < -0.3 is 0 Å². The molecule has 0 saturated heterocycles. The molecule has 0 saturated carbocycles. The normalized spacial score (nSPS) is 11.1. The van der Waals surface area contributed by atoms with Crippen molar-refractivity contribution in [2.24, 2.45) is 0 Å². The van der Waals surface area contributed by atoms with Crippen LogP contribution >= 0.6 is 0 Å². The van der Waals surface area contributed by atoms with Gasteiger partial charge in [0.05, 0.1) is 11.2 Å². The second-order valence-corrected chi connectivity index (χ2v) is 3.28. The van der Waals surface area contributed by atoms with E-state index < -0.39 is 0 Å². The monoisotopic (exact) mass is 192 g/mol. The summed E-state index contributed by atoms with van der Waals surface area (Å²) in [6.07, 6.45) is 0.840. The molecule has 0 aliphatic carbocycles. The Morgan fingerprint density at radius 1 is 1.36 bits per heavy atom. The number of hydrogen-bond donors (Lipinski definition) is 0. The summed E-state index contributed by atoms with van der Waals surface area (Å²) in [5, 5.41) is 5.36. The van der Waals surface area contributed by atoms with Crippen LogP contribution < -0.4 is 0 Å². The first kappa shape index (κ1) is 9.19. The number of aromatic nitrogens is 2. The zero-order valence-electron chi connectivity index (χ0n) is 8.42. The molecule has 1 heterocycles. The van der Waals surface area contributed by atoms with Crippen LogP contribution in [-0.2, 0) is 13.0 Å². The molecule has 0 atom stereocenters. The Bertz CT molecular complexity index is 460. The van der Waals surface area contributed by atoms with Crippen LogP contribution in [0.15, 0.2) is 18.2 Å². The molecule has 0 amide bonds. The number of halogens is 1. The number of hydrogen-bond acceptors (Lipinski definition) is 1. The predicted octanol–water partition coefficient (Wildman–Crippen LogP) is 2.76. The second-order valence-electron chi connectivity index (χ2n) is 3.28. The summed E-state index contributed by atoms with van der Waals surface area (Å²) >= 11 is 0. The Kier molecular flexibility index (Phi) is 2.23. The fraction of sp³-hybridized carbons (Fsp3) is 0.364. The fourth-order valence-electron chi connectivity index (χ4n) is 1.72. The third-order valence-corrected chi connectivity index (χ3v) is 2.42. The van der Waals surface area contributed by atoms with Crippen LogP contribution in [0, 0.1) is 5.82 Å². The maximum atomic E-state index is 13.0. The van der Waals surface area contributed by atoms with Gasteiger partial charge in [-0.3, -0.25) is 4.68 Å². The highest BCUT2D eigenvalue weighted by Crippen LogP contribution is 2.20. The van der Waals surface area contributed by atoms with Crippen molar-refractivity contribution in [3.05, 3.63) is 29.7 Å². The van der Waals surface area contributed by atoms with E-state index in [1.54, 1.807) is 12.1 Å². The van der Waals surface area contributed by atoms with Gasteiger partial charge >= 0.3 is 0 Å². The topological polar surface area (TPSA) is 17.8 Å². The minimum atomic E-state index is -0.192. The summed E-state index contributed by atoms with van der Waals surface area (Å²) in [5.74, 6) is -0.192. The molecule has 14 heavy (non-hydrogen) atoms. The number of fused-ring (bicyclic) bond motifs is 1. The van der Waals surface area contributed by atoms with Crippen LogP contribution in [0.3, 0.4) is 0 Å². The number of rotatable bonds is 2. The largest absolute Gasteiger partial charge is 0.265 e. The van der Waals surface area contributed by atoms with E-state index in [2.05, 4.69) is 5.10 Å². The highest BCUT2D eigenvalue weighted by molar-refractivity contribution is 5.82. The number of nitrogens with zero attached hydrogens (tertiary/aromatic N) is 2. The summed E-state index contributed by atoms with van der Waals surface area (Å²) in [4.78, 5) is 0. The van der Waals surface area contributed by atoms with Crippen LogP contribution in [0.25, 0.3) is 10.9 Å². The van der Waals surface area contributed by atoms with E-state index in [0.29, 0.717) is 0 Å². The van der Waals surface area contributed by atoms with E-state index in [1.807, 2.05) is 18.5 Å². The molecule has 2 nitrogen and oxygen atoms in total. The first-order valence-corrected chi connectivity index (χ1v) is 4.91. The Morgan fingerprint density at radius 3 is 2.79 bits per heavy atom. The van der Waals surface area contributed by atoms with E-state index in [0.717, 1.165) is 29.6 Å². The highest BCUT2D eigenvalue weighted by Gasteiger charge is 2.08. The third kappa shape index (κ3) is 1.29. The van der Waals surface area contributed by atoms with Gasteiger partial charge in [0.2, 0.25) is 0 Å². The van der Waals surface area contributed by atoms with E-state index in [-0.39, 0.29) is 5.82 Å². The standard InChI is InChI=1S/C11H13FN2/c1-3-10-9-7-8(12)5-6-11(9)14(4-2)13-10/h5-7H,3-4H2,1-2H3. The molecule has 0 radical (unpaired) electrons. The van der Waals surface area contributed by atoms with Crippen LogP contribution in [0.1, 0.15) is 19.5 Å². The molecule has 0 aliphatic rings. The highest BCUT2D eigenvalue weighted by atomic mass is 19.1. The van der Waals surface area contributed by atoms with Gasteiger partial charge in [0, 0.05) is 11.9 Å². The molecule has 1 aromatic carbocycles. The molecule has 0 N–H and O–H groups in total. The van der Waals surface area contributed by atoms with Gasteiger partial charge in [0.15, 0.2) is 0 Å². The SMILES string of the molecule is CCc1nn(CC)c2ccc(F)cc12. The molecule has 74 valence electrons. The van der Waals surface area contributed by atoms with E-state index in [4.69, 9.17) is 0 Å². The molecule has 0 fully saturated rings. The maximum absolute atomic E-state index is 13.0. The smallest absolute Gasteiger partial charge is 0.124 e. The van der Waals surface area contributed by atoms with E-state index in [9.17, 15) is 4.39 Å². The first-order valence-electron chi connectivity index (χ1n) is 4.91.